The first kappa shape index (κ1) is 9.52. The number of anilines is 1. The third-order valence-corrected chi connectivity index (χ3v) is 2.74. The van der Waals surface area contributed by atoms with Crippen molar-refractivity contribution in [3.8, 4) is 11.5 Å². The lowest BCUT2D eigenvalue weighted by Crippen LogP contribution is -2.15. The largest absolute Gasteiger partial charge is 0.454 e. The molecule has 14 heavy (non-hydrogen) atoms. The number of hydrogen-bond acceptors (Lipinski definition) is 4. The van der Waals surface area contributed by atoms with E-state index in [0.717, 1.165) is 17.2 Å². The lowest BCUT2D eigenvalue weighted by atomic mass is 10.1. The summed E-state index contributed by atoms with van der Waals surface area (Å²) >= 11 is 4.23. The van der Waals surface area contributed by atoms with E-state index in [0.29, 0.717) is 12.7 Å². The Morgan fingerprint density at radius 2 is 2.00 bits per heavy atom. The van der Waals surface area contributed by atoms with Crippen LogP contribution in [-0.4, -0.2) is 19.7 Å². The summed E-state index contributed by atoms with van der Waals surface area (Å²) < 4.78 is 10.6. The molecule has 0 saturated carbocycles. The molecule has 76 valence electrons. The van der Waals surface area contributed by atoms with Crippen LogP contribution in [0.3, 0.4) is 0 Å². The van der Waals surface area contributed by atoms with Crippen LogP contribution in [-0.2, 0) is 0 Å². The molecule has 0 saturated heterocycles. The van der Waals surface area contributed by atoms with Crippen molar-refractivity contribution in [2.75, 3.05) is 24.6 Å². The Balaban J connectivity index is 2.42. The van der Waals surface area contributed by atoms with E-state index in [1.54, 1.807) is 0 Å². The summed E-state index contributed by atoms with van der Waals surface area (Å²) in [5.74, 6) is 2.33. The van der Waals surface area contributed by atoms with E-state index in [9.17, 15) is 0 Å². The molecule has 0 N–H and O–H groups in total. The van der Waals surface area contributed by atoms with Crippen molar-refractivity contribution >= 4 is 18.3 Å². The van der Waals surface area contributed by atoms with Crippen LogP contribution < -0.4 is 14.4 Å². The van der Waals surface area contributed by atoms with Gasteiger partial charge in [0.25, 0.3) is 0 Å². The molecule has 1 aromatic carbocycles. The number of benzene rings is 1. The summed E-state index contributed by atoms with van der Waals surface area (Å²) in [7, 11) is 2.00. The van der Waals surface area contributed by atoms with Gasteiger partial charge in [0.05, 0.1) is 5.88 Å². The SMILES string of the molecule is Cc1cc2c(cc1N(C)CS)OCO2. The van der Waals surface area contributed by atoms with Gasteiger partial charge in [0.2, 0.25) is 6.79 Å². The zero-order valence-corrected chi connectivity index (χ0v) is 9.17. The highest BCUT2D eigenvalue weighted by molar-refractivity contribution is 7.80. The number of fused-ring (bicyclic) bond motifs is 1. The second kappa shape index (κ2) is 3.61. The minimum absolute atomic E-state index is 0.322. The van der Waals surface area contributed by atoms with Crippen molar-refractivity contribution in [1.82, 2.24) is 0 Å². The first-order valence-corrected chi connectivity index (χ1v) is 5.08. The molecule has 1 aliphatic rings. The molecular formula is C10H13NO2S. The summed E-state index contributed by atoms with van der Waals surface area (Å²) in [5.41, 5.74) is 2.30. The molecule has 0 amide bonds. The topological polar surface area (TPSA) is 21.7 Å². The minimum Gasteiger partial charge on any atom is -0.454 e. The van der Waals surface area contributed by atoms with E-state index in [1.807, 2.05) is 19.2 Å². The van der Waals surface area contributed by atoms with Crippen molar-refractivity contribution in [1.29, 1.82) is 0 Å². The van der Waals surface area contributed by atoms with E-state index >= 15 is 0 Å². The van der Waals surface area contributed by atoms with Crippen molar-refractivity contribution in [2.45, 2.75) is 6.92 Å². The van der Waals surface area contributed by atoms with Crippen LogP contribution in [0.5, 0.6) is 11.5 Å². The van der Waals surface area contributed by atoms with Gasteiger partial charge in [-0.15, -0.1) is 0 Å². The fourth-order valence-corrected chi connectivity index (χ4v) is 1.67. The first-order chi connectivity index (χ1) is 6.72. The molecule has 0 unspecified atom stereocenters. The Kier molecular flexibility index (Phi) is 2.46. The zero-order chi connectivity index (χ0) is 10.1. The maximum atomic E-state index is 5.31. The predicted octanol–water partition coefficient (Wildman–Crippen LogP) is 2.05. The molecule has 0 fully saturated rings. The fraction of sp³-hybridized carbons (Fsp3) is 0.400. The smallest absolute Gasteiger partial charge is 0.231 e. The molecule has 0 radical (unpaired) electrons. The monoisotopic (exact) mass is 211 g/mol. The van der Waals surface area contributed by atoms with Gasteiger partial charge in [0, 0.05) is 18.8 Å². The normalized spacial score (nSPS) is 13.1. The van der Waals surface area contributed by atoms with Crippen LogP contribution in [0.25, 0.3) is 0 Å². The van der Waals surface area contributed by atoms with E-state index in [2.05, 4.69) is 24.5 Å². The van der Waals surface area contributed by atoms with Crippen LogP contribution in [0.4, 0.5) is 5.69 Å². The molecule has 0 spiro atoms. The minimum atomic E-state index is 0.322. The van der Waals surface area contributed by atoms with Gasteiger partial charge in [0.1, 0.15) is 0 Å². The highest BCUT2D eigenvalue weighted by Gasteiger charge is 2.16. The number of thiol groups is 1. The number of rotatable bonds is 2. The molecule has 0 aliphatic carbocycles. The standard InChI is InChI=1S/C10H13NO2S/c1-7-3-9-10(13-6-12-9)4-8(7)11(2)5-14/h3-4,14H,5-6H2,1-2H3. The Morgan fingerprint density at radius 1 is 1.36 bits per heavy atom. The van der Waals surface area contributed by atoms with E-state index in [4.69, 9.17) is 9.47 Å². The second-order valence-corrected chi connectivity index (χ2v) is 3.61. The van der Waals surface area contributed by atoms with Crippen molar-refractivity contribution in [2.24, 2.45) is 0 Å². The highest BCUT2D eigenvalue weighted by Crippen LogP contribution is 2.37. The van der Waals surface area contributed by atoms with Gasteiger partial charge in [-0.05, 0) is 18.6 Å². The van der Waals surface area contributed by atoms with Crippen molar-refractivity contribution in [3.05, 3.63) is 17.7 Å². The number of hydrogen-bond donors (Lipinski definition) is 1. The molecule has 0 aromatic heterocycles. The Labute approximate surface area is 89.0 Å². The van der Waals surface area contributed by atoms with Gasteiger partial charge in [-0.1, -0.05) is 0 Å². The third kappa shape index (κ3) is 1.50. The Hall–Kier alpha value is -1.03. The highest BCUT2D eigenvalue weighted by atomic mass is 32.1. The van der Waals surface area contributed by atoms with E-state index in [-0.39, 0.29) is 0 Å². The van der Waals surface area contributed by atoms with Gasteiger partial charge in [0.15, 0.2) is 11.5 Å². The predicted molar refractivity (Wildman–Crippen MR) is 59.6 cm³/mol. The van der Waals surface area contributed by atoms with Crippen molar-refractivity contribution < 1.29 is 9.47 Å². The molecule has 1 aromatic rings. The molecule has 4 heteroatoms. The van der Waals surface area contributed by atoms with Crippen LogP contribution in [0.15, 0.2) is 12.1 Å². The maximum Gasteiger partial charge on any atom is 0.231 e. The maximum absolute atomic E-state index is 5.31. The molecule has 2 rings (SSSR count). The summed E-state index contributed by atoms with van der Waals surface area (Å²) in [6.45, 7) is 2.38. The average Bonchev–Trinajstić information content (AvgIpc) is 2.62. The first-order valence-electron chi connectivity index (χ1n) is 4.44. The molecule has 0 bridgehead atoms. The number of ether oxygens (including phenoxy) is 2. The molecule has 1 aliphatic heterocycles. The van der Waals surface area contributed by atoms with Crippen molar-refractivity contribution in [3.63, 3.8) is 0 Å². The number of aryl methyl sites for hydroxylation is 1. The molecule has 3 nitrogen and oxygen atoms in total. The van der Waals surface area contributed by atoms with Crippen LogP contribution in [0.2, 0.25) is 0 Å². The molecule has 0 atom stereocenters. The van der Waals surface area contributed by atoms with Crippen LogP contribution in [0.1, 0.15) is 5.56 Å². The van der Waals surface area contributed by atoms with Crippen LogP contribution >= 0.6 is 12.6 Å². The Bertz CT molecular complexity index is 354. The quantitative estimate of drug-likeness (QED) is 0.597. The van der Waals surface area contributed by atoms with Crippen LogP contribution in [0, 0.1) is 6.92 Å². The van der Waals surface area contributed by atoms with Gasteiger partial charge in [-0.2, -0.15) is 12.6 Å². The number of nitrogens with zero attached hydrogens (tertiary/aromatic N) is 1. The summed E-state index contributed by atoms with van der Waals surface area (Å²) in [6, 6.07) is 3.99. The lowest BCUT2D eigenvalue weighted by Gasteiger charge is -2.19. The Morgan fingerprint density at radius 3 is 2.64 bits per heavy atom. The van der Waals surface area contributed by atoms with Gasteiger partial charge >= 0.3 is 0 Å². The third-order valence-electron chi connectivity index (χ3n) is 2.31. The van der Waals surface area contributed by atoms with Gasteiger partial charge < -0.3 is 14.4 Å². The summed E-state index contributed by atoms with van der Waals surface area (Å²) in [6.07, 6.45) is 0. The summed E-state index contributed by atoms with van der Waals surface area (Å²) in [4.78, 5) is 2.06. The lowest BCUT2D eigenvalue weighted by molar-refractivity contribution is 0.174. The zero-order valence-electron chi connectivity index (χ0n) is 8.28. The average molecular weight is 211 g/mol. The second-order valence-electron chi connectivity index (χ2n) is 3.33. The molecule has 1 heterocycles. The van der Waals surface area contributed by atoms with E-state index in [1.165, 1.54) is 5.56 Å². The van der Waals surface area contributed by atoms with Gasteiger partial charge in [-0.3, -0.25) is 0 Å². The van der Waals surface area contributed by atoms with E-state index < -0.39 is 0 Å². The van der Waals surface area contributed by atoms with Gasteiger partial charge in [-0.25, -0.2) is 0 Å². The fourth-order valence-electron chi connectivity index (χ4n) is 1.52. The summed E-state index contributed by atoms with van der Waals surface area (Å²) in [5, 5.41) is 0. The molecular weight excluding hydrogens is 198 g/mol.